The summed E-state index contributed by atoms with van der Waals surface area (Å²) in [6.07, 6.45) is 2.09. The number of fused-ring (bicyclic) bond motifs is 1. The lowest BCUT2D eigenvalue weighted by atomic mass is 10.1. The fourth-order valence-electron chi connectivity index (χ4n) is 2.66. The van der Waals surface area contributed by atoms with Crippen molar-refractivity contribution in [3.63, 3.8) is 0 Å². The number of imidazole rings is 1. The highest BCUT2D eigenvalue weighted by Gasteiger charge is 2.17. The minimum Gasteiger partial charge on any atom is -0.481 e. The molecule has 3 rings (SSSR count). The zero-order chi connectivity index (χ0) is 17.3. The van der Waals surface area contributed by atoms with Gasteiger partial charge in [-0.2, -0.15) is 0 Å². The van der Waals surface area contributed by atoms with Gasteiger partial charge in [0.2, 0.25) is 0 Å². The van der Waals surface area contributed by atoms with Crippen LogP contribution in [0.1, 0.15) is 17.7 Å². The van der Waals surface area contributed by atoms with Gasteiger partial charge in [-0.15, -0.1) is 0 Å². The number of nitrogens with zero attached hydrogens (tertiary/aromatic N) is 3. The number of benzene rings is 1. The number of aromatic nitrogens is 2. The first-order valence-electron chi connectivity index (χ1n) is 7.40. The summed E-state index contributed by atoms with van der Waals surface area (Å²) in [4.78, 5) is 26.1. The van der Waals surface area contributed by atoms with Gasteiger partial charge in [-0.1, -0.05) is 12.1 Å². The largest absolute Gasteiger partial charge is 0.481 e. The van der Waals surface area contributed by atoms with E-state index in [9.17, 15) is 14.9 Å². The molecule has 0 spiro atoms. The van der Waals surface area contributed by atoms with Gasteiger partial charge in [0.25, 0.3) is 5.69 Å². The highest BCUT2D eigenvalue weighted by atomic mass is 16.6. The van der Waals surface area contributed by atoms with Gasteiger partial charge in [-0.05, 0) is 24.6 Å². The molecule has 0 fully saturated rings. The van der Waals surface area contributed by atoms with Crippen LogP contribution in [0.25, 0.3) is 16.9 Å². The summed E-state index contributed by atoms with van der Waals surface area (Å²) >= 11 is 0. The zero-order valence-electron chi connectivity index (χ0n) is 13.0. The van der Waals surface area contributed by atoms with Crippen molar-refractivity contribution in [3.05, 3.63) is 64.0 Å². The van der Waals surface area contributed by atoms with Gasteiger partial charge < -0.3 is 9.51 Å². The van der Waals surface area contributed by atoms with Crippen LogP contribution in [0.2, 0.25) is 0 Å². The van der Waals surface area contributed by atoms with Gasteiger partial charge in [0.05, 0.1) is 22.7 Å². The number of carboxylic acid groups (broad SMARTS) is 1. The molecule has 0 saturated carbocycles. The van der Waals surface area contributed by atoms with Crippen LogP contribution in [0.4, 0.5) is 5.69 Å². The number of hydrogen-bond acceptors (Lipinski definition) is 4. The van der Waals surface area contributed by atoms with Gasteiger partial charge >= 0.3 is 5.97 Å². The topological polar surface area (TPSA) is 97.7 Å². The molecule has 122 valence electrons. The molecule has 2 aromatic heterocycles. The molecule has 0 amide bonds. The van der Waals surface area contributed by atoms with Crippen molar-refractivity contribution < 1.29 is 14.8 Å². The average Bonchev–Trinajstić information content (AvgIpc) is 2.90. The minimum atomic E-state index is -0.901. The van der Waals surface area contributed by atoms with Crippen LogP contribution in [0.15, 0.2) is 42.6 Å². The SMILES string of the molecule is Cc1ccn2c(CCC(=O)O)c(-c3cccc([N+](=O)[O-])c3)nc2c1. The van der Waals surface area contributed by atoms with Crippen LogP contribution < -0.4 is 0 Å². The lowest BCUT2D eigenvalue weighted by Gasteiger charge is -2.04. The Morgan fingerprint density at radius 1 is 1.33 bits per heavy atom. The molecular formula is C17H15N3O4. The van der Waals surface area contributed by atoms with Crippen molar-refractivity contribution in [2.45, 2.75) is 19.8 Å². The van der Waals surface area contributed by atoms with Crippen LogP contribution in [0.3, 0.4) is 0 Å². The molecule has 0 aliphatic carbocycles. The summed E-state index contributed by atoms with van der Waals surface area (Å²) in [5.74, 6) is -0.901. The number of non-ortho nitro benzene ring substituents is 1. The Bertz CT molecular complexity index is 946. The Labute approximate surface area is 137 Å². The van der Waals surface area contributed by atoms with E-state index in [0.717, 1.165) is 11.3 Å². The fraction of sp³-hybridized carbons (Fsp3) is 0.176. The smallest absolute Gasteiger partial charge is 0.303 e. The van der Waals surface area contributed by atoms with E-state index < -0.39 is 10.9 Å². The van der Waals surface area contributed by atoms with Gasteiger partial charge in [0.15, 0.2) is 0 Å². The van der Waals surface area contributed by atoms with Gasteiger partial charge in [-0.25, -0.2) is 4.98 Å². The summed E-state index contributed by atoms with van der Waals surface area (Å²) < 4.78 is 1.84. The molecule has 1 aromatic carbocycles. The molecule has 0 saturated heterocycles. The molecule has 2 heterocycles. The predicted octanol–water partition coefficient (Wildman–Crippen LogP) is 3.24. The summed E-state index contributed by atoms with van der Waals surface area (Å²) in [7, 11) is 0. The maximum absolute atomic E-state index is 11.0. The first-order chi connectivity index (χ1) is 11.5. The van der Waals surface area contributed by atoms with Crippen molar-refractivity contribution in [3.8, 4) is 11.3 Å². The van der Waals surface area contributed by atoms with Crippen LogP contribution in [0.5, 0.6) is 0 Å². The summed E-state index contributed by atoms with van der Waals surface area (Å²) in [5.41, 5.74) is 3.61. The van der Waals surface area contributed by atoms with Crippen LogP contribution in [-0.2, 0) is 11.2 Å². The number of hydrogen-bond donors (Lipinski definition) is 1. The summed E-state index contributed by atoms with van der Waals surface area (Å²) in [6, 6.07) is 10.0. The first-order valence-corrected chi connectivity index (χ1v) is 7.40. The van der Waals surface area contributed by atoms with E-state index in [2.05, 4.69) is 4.98 Å². The van der Waals surface area contributed by atoms with Crippen LogP contribution in [0, 0.1) is 17.0 Å². The highest BCUT2D eigenvalue weighted by molar-refractivity contribution is 5.71. The Hall–Kier alpha value is -3.22. The lowest BCUT2D eigenvalue weighted by molar-refractivity contribution is -0.384. The zero-order valence-corrected chi connectivity index (χ0v) is 13.0. The Kier molecular flexibility index (Phi) is 3.99. The second-order valence-corrected chi connectivity index (χ2v) is 5.54. The molecule has 0 bridgehead atoms. The third-order valence-corrected chi connectivity index (χ3v) is 3.79. The molecule has 0 radical (unpaired) electrons. The maximum atomic E-state index is 11.0. The Morgan fingerprint density at radius 3 is 2.83 bits per heavy atom. The van der Waals surface area contributed by atoms with Gasteiger partial charge in [-0.3, -0.25) is 14.9 Å². The van der Waals surface area contributed by atoms with Crippen molar-refractivity contribution in [2.75, 3.05) is 0 Å². The molecule has 1 N–H and O–H groups in total. The van der Waals surface area contributed by atoms with E-state index in [-0.39, 0.29) is 18.5 Å². The van der Waals surface area contributed by atoms with Crippen molar-refractivity contribution in [1.82, 2.24) is 9.38 Å². The standard InChI is InChI=1S/C17H15N3O4/c1-11-7-8-19-14(5-6-16(21)22)17(18-15(19)9-11)12-3-2-4-13(10-12)20(23)24/h2-4,7-10H,5-6H2,1H3,(H,21,22). The number of rotatable bonds is 5. The molecule has 0 unspecified atom stereocenters. The molecular weight excluding hydrogens is 310 g/mol. The number of nitro groups is 1. The predicted molar refractivity (Wildman–Crippen MR) is 88.0 cm³/mol. The number of nitro benzene ring substituents is 1. The second-order valence-electron chi connectivity index (χ2n) is 5.54. The Balaban J connectivity index is 2.18. The third-order valence-electron chi connectivity index (χ3n) is 3.79. The van der Waals surface area contributed by atoms with Crippen LogP contribution >= 0.6 is 0 Å². The molecule has 24 heavy (non-hydrogen) atoms. The number of aliphatic carboxylic acids is 1. The fourth-order valence-corrected chi connectivity index (χ4v) is 2.66. The molecule has 3 aromatic rings. The van der Waals surface area contributed by atoms with Gasteiger partial charge in [0.1, 0.15) is 5.65 Å². The molecule has 0 aliphatic rings. The van der Waals surface area contributed by atoms with E-state index >= 15 is 0 Å². The quantitative estimate of drug-likeness (QED) is 0.573. The van der Waals surface area contributed by atoms with E-state index in [1.165, 1.54) is 12.1 Å². The maximum Gasteiger partial charge on any atom is 0.303 e. The molecule has 0 aliphatic heterocycles. The second kappa shape index (κ2) is 6.11. The number of aryl methyl sites for hydroxylation is 2. The molecule has 7 nitrogen and oxygen atoms in total. The van der Waals surface area contributed by atoms with E-state index in [1.54, 1.807) is 12.1 Å². The average molecular weight is 325 g/mol. The van der Waals surface area contributed by atoms with Gasteiger partial charge in [0, 0.05) is 30.3 Å². The van der Waals surface area contributed by atoms with E-state index in [4.69, 9.17) is 5.11 Å². The third kappa shape index (κ3) is 2.96. The number of carboxylic acids is 1. The van der Waals surface area contributed by atoms with Crippen molar-refractivity contribution in [2.24, 2.45) is 0 Å². The molecule has 0 atom stereocenters. The van der Waals surface area contributed by atoms with Crippen LogP contribution in [-0.4, -0.2) is 25.4 Å². The van der Waals surface area contributed by atoms with Crippen molar-refractivity contribution >= 4 is 17.3 Å². The number of pyridine rings is 1. The number of carbonyl (C=O) groups is 1. The minimum absolute atomic E-state index is 0.0232. The summed E-state index contributed by atoms with van der Waals surface area (Å²) in [6.45, 7) is 1.94. The monoisotopic (exact) mass is 325 g/mol. The highest BCUT2D eigenvalue weighted by Crippen LogP contribution is 2.28. The first kappa shape index (κ1) is 15.7. The van der Waals surface area contributed by atoms with Crippen molar-refractivity contribution in [1.29, 1.82) is 0 Å². The van der Waals surface area contributed by atoms with E-state index in [0.29, 0.717) is 16.9 Å². The van der Waals surface area contributed by atoms with E-state index in [1.807, 2.05) is 29.7 Å². The Morgan fingerprint density at radius 2 is 2.12 bits per heavy atom. The summed E-state index contributed by atoms with van der Waals surface area (Å²) in [5, 5.41) is 20.0. The lowest BCUT2D eigenvalue weighted by Crippen LogP contribution is -2.01. The normalized spacial score (nSPS) is 10.9. The molecule has 7 heteroatoms.